The summed E-state index contributed by atoms with van der Waals surface area (Å²) >= 11 is 3.22. The Morgan fingerprint density at radius 3 is 2.48 bits per heavy atom. The van der Waals surface area contributed by atoms with Crippen molar-refractivity contribution in [1.82, 2.24) is 14.6 Å². The molecule has 0 saturated heterocycles. The summed E-state index contributed by atoms with van der Waals surface area (Å²) < 4.78 is 16.4. The zero-order chi connectivity index (χ0) is 18.3. The van der Waals surface area contributed by atoms with Crippen LogP contribution in [0.2, 0.25) is 0 Å². The number of aromatic carboxylic acids is 1. The van der Waals surface area contributed by atoms with Crippen molar-refractivity contribution < 1.29 is 33.2 Å². The van der Waals surface area contributed by atoms with E-state index < -0.39 is 11.8 Å². The van der Waals surface area contributed by atoms with Gasteiger partial charge in [0, 0.05) is 21.7 Å². The molecule has 8 heteroatoms. The third kappa shape index (κ3) is 3.67. The van der Waals surface area contributed by atoms with Gasteiger partial charge in [0.05, 0.1) is 23.1 Å². The number of carbonyl (C=O) groups is 1. The number of rotatable bonds is 3. The number of nitrogens with zero attached hydrogens (tertiary/aromatic N) is 3. The van der Waals surface area contributed by atoms with E-state index in [9.17, 15) is 14.3 Å². The van der Waals surface area contributed by atoms with Crippen LogP contribution in [-0.4, -0.2) is 20.6 Å². The first kappa shape index (κ1) is 19.3. The Bertz CT molecular complexity index is 1150. The molecule has 0 aliphatic rings. The number of carbonyl (C=O) groups excluding carboxylic acids is 1. The van der Waals surface area contributed by atoms with E-state index in [0.29, 0.717) is 27.1 Å². The number of aromatic nitrogens is 3. The molecule has 0 aliphatic heterocycles. The Morgan fingerprint density at radius 1 is 1.07 bits per heavy atom. The topological polar surface area (TPSA) is 70.3 Å². The summed E-state index contributed by atoms with van der Waals surface area (Å²) in [5.74, 6) is -1.83. The van der Waals surface area contributed by atoms with Crippen LogP contribution in [0.15, 0.2) is 65.1 Å². The van der Waals surface area contributed by atoms with Gasteiger partial charge in [-0.2, -0.15) is 5.10 Å². The largest absolute Gasteiger partial charge is 1.00 e. The molecule has 0 fully saturated rings. The Hall–Kier alpha value is -2.46. The van der Waals surface area contributed by atoms with Gasteiger partial charge >= 0.3 is 18.9 Å². The smallest absolute Gasteiger partial charge is 0.543 e. The number of fused-ring (bicyclic) bond motifs is 1. The fraction of sp³-hybridized carbons (Fsp3) is 0. The van der Waals surface area contributed by atoms with Gasteiger partial charge in [0.15, 0.2) is 5.65 Å². The molecular formula is C19H10BrFLiN3O2. The zero-order valence-corrected chi connectivity index (χ0v) is 15.8. The molecule has 2 heterocycles. The van der Waals surface area contributed by atoms with E-state index in [-0.39, 0.29) is 24.6 Å². The normalized spacial score (nSPS) is 10.6. The minimum absolute atomic E-state index is 0. The monoisotopic (exact) mass is 417 g/mol. The van der Waals surface area contributed by atoms with Crippen LogP contribution < -0.4 is 24.0 Å². The van der Waals surface area contributed by atoms with Crippen molar-refractivity contribution >= 4 is 27.5 Å². The standard InChI is InChI=1S/C19H11BrFN3O2.Li/c20-12-6-7-13(14(21)8-12)15-10-18-22-16(19(25)26)9-17(24(18)23-15)11-4-2-1-3-5-11;/h1-10H,(H,25,26);/q;+1/p-1. The first-order valence-electron chi connectivity index (χ1n) is 7.66. The van der Waals surface area contributed by atoms with Gasteiger partial charge < -0.3 is 9.90 Å². The maximum Gasteiger partial charge on any atom is 1.00 e. The molecule has 0 atom stereocenters. The number of hydrogen-bond donors (Lipinski definition) is 0. The maximum atomic E-state index is 14.3. The Kier molecular flexibility index (Phi) is 5.47. The fourth-order valence-electron chi connectivity index (χ4n) is 2.72. The number of benzene rings is 2. The summed E-state index contributed by atoms with van der Waals surface area (Å²) in [6.45, 7) is 0. The molecule has 128 valence electrons. The van der Waals surface area contributed by atoms with Crippen LogP contribution in [0.3, 0.4) is 0 Å². The minimum atomic E-state index is -1.39. The van der Waals surface area contributed by atoms with E-state index in [4.69, 9.17) is 0 Å². The maximum absolute atomic E-state index is 14.3. The van der Waals surface area contributed by atoms with Gasteiger partial charge in [0.25, 0.3) is 0 Å². The fourth-order valence-corrected chi connectivity index (χ4v) is 3.06. The SMILES string of the molecule is O=C([O-])c1cc(-c2ccccc2)n2nc(-c3ccc(Br)cc3F)cc2n1.[Li+]. The van der Waals surface area contributed by atoms with Gasteiger partial charge in [-0.05, 0) is 24.3 Å². The summed E-state index contributed by atoms with van der Waals surface area (Å²) in [5, 5.41) is 15.8. The van der Waals surface area contributed by atoms with Crippen molar-refractivity contribution in [2.24, 2.45) is 0 Å². The molecule has 5 nitrogen and oxygen atoms in total. The van der Waals surface area contributed by atoms with Crippen LogP contribution in [0.5, 0.6) is 0 Å². The number of carboxylic acid groups (broad SMARTS) is 1. The van der Waals surface area contributed by atoms with Gasteiger partial charge in [-0.3, -0.25) is 0 Å². The average Bonchev–Trinajstić information content (AvgIpc) is 3.05. The van der Waals surface area contributed by atoms with Gasteiger partial charge in [0.2, 0.25) is 0 Å². The van der Waals surface area contributed by atoms with Crippen LogP contribution in [0, 0.1) is 5.82 Å². The quantitative estimate of drug-likeness (QED) is 0.450. The molecule has 4 rings (SSSR count). The summed E-state index contributed by atoms with van der Waals surface area (Å²) in [5.41, 5.74) is 2.02. The van der Waals surface area contributed by atoms with E-state index in [1.165, 1.54) is 16.6 Å². The van der Waals surface area contributed by atoms with Crippen molar-refractivity contribution in [2.75, 3.05) is 0 Å². The molecular weight excluding hydrogens is 408 g/mol. The van der Waals surface area contributed by atoms with E-state index in [1.807, 2.05) is 30.3 Å². The van der Waals surface area contributed by atoms with Crippen molar-refractivity contribution in [2.45, 2.75) is 0 Å². The van der Waals surface area contributed by atoms with Crippen molar-refractivity contribution in [3.63, 3.8) is 0 Å². The Labute approximate surface area is 174 Å². The molecule has 2 aromatic heterocycles. The van der Waals surface area contributed by atoms with Crippen molar-refractivity contribution in [3.8, 4) is 22.5 Å². The zero-order valence-electron chi connectivity index (χ0n) is 14.2. The van der Waals surface area contributed by atoms with Gasteiger partial charge in [-0.25, -0.2) is 13.9 Å². The van der Waals surface area contributed by atoms with Crippen LogP contribution in [0.1, 0.15) is 10.5 Å². The number of carboxylic acids is 1. The molecule has 0 N–H and O–H groups in total. The van der Waals surface area contributed by atoms with Gasteiger partial charge in [0.1, 0.15) is 5.82 Å². The summed E-state index contributed by atoms with van der Waals surface area (Å²) in [6, 6.07) is 16.8. The van der Waals surface area contributed by atoms with Crippen LogP contribution in [-0.2, 0) is 0 Å². The van der Waals surface area contributed by atoms with Crippen molar-refractivity contribution in [1.29, 1.82) is 0 Å². The molecule has 0 bridgehead atoms. The summed E-state index contributed by atoms with van der Waals surface area (Å²) in [7, 11) is 0. The second-order valence-corrected chi connectivity index (χ2v) is 6.52. The van der Waals surface area contributed by atoms with E-state index in [1.54, 1.807) is 18.2 Å². The van der Waals surface area contributed by atoms with Gasteiger partial charge in [-0.1, -0.05) is 46.3 Å². The third-order valence-corrected chi connectivity index (χ3v) is 4.41. The van der Waals surface area contributed by atoms with Crippen LogP contribution in [0.25, 0.3) is 28.2 Å². The molecule has 0 aliphatic carbocycles. The van der Waals surface area contributed by atoms with Gasteiger partial charge in [-0.15, -0.1) is 0 Å². The van der Waals surface area contributed by atoms with E-state index in [0.717, 1.165) is 5.56 Å². The van der Waals surface area contributed by atoms with Crippen LogP contribution >= 0.6 is 15.9 Å². The summed E-state index contributed by atoms with van der Waals surface area (Å²) in [6.07, 6.45) is 0. The molecule has 0 amide bonds. The van der Waals surface area contributed by atoms with Crippen LogP contribution in [0.4, 0.5) is 4.39 Å². The minimum Gasteiger partial charge on any atom is -0.543 e. The molecule has 0 saturated carbocycles. The first-order valence-corrected chi connectivity index (χ1v) is 8.45. The molecule has 2 aromatic carbocycles. The second-order valence-electron chi connectivity index (χ2n) is 5.60. The third-order valence-electron chi connectivity index (χ3n) is 3.91. The molecule has 0 unspecified atom stereocenters. The number of hydrogen-bond acceptors (Lipinski definition) is 4. The van der Waals surface area contributed by atoms with E-state index in [2.05, 4.69) is 26.0 Å². The first-order chi connectivity index (χ1) is 12.5. The molecule has 0 radical (unpaired) electrons. The second kappa shape index (κ2) is 7.65. The molecule has 4 aromatic rings. The predicted molar refractivity (Wildman–Crippen MR) is 95.8 cm³/mol. The average molecular weight is 418 g/mol. The Balaban J connectivity index is 0.00000210. The van der Waals surface area contributed by atoms with Crippen molar-refractivity contribution in [3.05, 3.63) is 76.6 Å². The van der Waals surface area contributed by atoms with E-state index >= 15 is 0 Å². The molecule has 0 spiro atoms. The predicted octanol–water partition coefficient (Wildman–Crippen LogP) is 0.332. The molecule has 27 heavy (non-hydrogen) atoms. The number of halogens is 2. The Morgan fingerprint density at radius 2 is 1.81 bits per heavy atom. The summed E-state index contributed by atoms with van der Waals surface area (Å²) in [4.78, 5) is 15.4.